The Balaban J connectivity index is 1.69. The number of nitrogens with zero attached hydrogens (tertiary/aromatic N) is 1. The van der Waals surface area contributed by atoms with E-state index in [0.29, 0.717) is 29.1 Å². The zero-order chi connectivity index (χ0) is 14.5. The quantitative estimate of drug-likeness (QED) is 0.857. The van der Waals surface area contributed by atoms with E-state index in [2.05, 4.69) is 44.8 Å². The van der Waals surface area contributed by atoms with E-state index in [-0.39, 0.29) is 0 Å². The lowest BCUT2D eigenvalue weighted by Gasteiger charge is -2.60. The molecule has 1 heterocycles. The summed E-state index contributed by atoms with van der Waals surface area (Å²) < 4.78 is 5.92. The number of ether oxygens (including phenoxy) is 1. The van der Waals surface area contributed by atoms with Crippen molar-refractivity contribution in [1.82, 2.24) is 10.2 Å². The third-order valence-corrected chi connectivity index (χ3v) is 6.25. The molecule has 3 heteroatoms. The molecule has 4 atom stereocenters. The fourth-order valence-electron chi connectivity index (χ4n) is 4.41. The van der Waals surface area contributed by atoms with Crippen LogP contribution in [0, 0.1) is 11.3 Å². The van der Waals surface area contributed by atoms with Gasteiger partial charge in [-0.3, -0.25) is 4.90 Å². The molecule has 3 fully saturated rings. The van der Waals surface area contributed by atoms with Crippen molar-refractivity contribution in [2.45, 2.75) is 77.6 Å². The Labute approximate surface area is 124 Å². The average Bonchev–Trinajstić information content (AvgIpc) is 3.22. The van der Waals surface area contributed by atoms with Crippen molar-refractivity contribution in [1.29, 1.82) is 0 Å². The molecule has 0 aromatic heterocycles. The first-order valence-electron chi connectivity index (χ1n) is 8.51. The van der Waals surface area contributed by atoms with Gasteiger partial charge in [-0.1, -0.05) is 13.8 Å². The molecule has 0 spiro atoms. The molecular formula is C17H32N2O. The number of rotatable bonds is 4. The van der Waals surface area contributed by atoms with Crippen molar-refractivity contribution < 1.29 is 4.74 Å². The first kappa shape index (κ1) is 14.8. The molecule has 3 aliphatic rings. The minimum Gasteiger partial charge on any atom is -0.378 e. The highest BCUT2D eigenvalue weighted by Gasteiger charge is 2.55. The summed E-state index contributed by atoms with van der Waals surface area (Å²) in [6.45, 7) is 14.9. The van der Waals surface area contributed by atoms with E-state index in [1.54, 1.807) is 0 Å². The Morgan fingerprint density at radius 3 is 2.50 bits per heavy atom. The third kappa shape index (κ3) is 2.32. The van der Waals surface area contributed by atoms with Crippen molar-refractivity contribution >= 4 is 0 Å². The Bertz CT molecular complexity index is 366. The van der Waals surface area contributed by atoms with Crippen LogP contribution in [0.15, 0.2) is 0 Å². The fourth-order valence-corrected chi connectivity index (χ4v) is 4.41. The molecule has 1 saturated heterocycles. The topological polar surface area (TPSA) is 24.5 Å². The van der Waals surface area contributed by atoms with Crippen molar-refractivity contribution in [3.63, 3.8) is 0 Å². The zero-order valence-corrected chi connectivity index (χ0v) is 13.9. The molecule has 3 nitrogen and oxygen atoms in total. The van der Waals surface area contributed by atoms with Crippen LogP contribution < -0.4 is 5.32 Å². The highest BCUT2D eigenvalue weighted by atomic mass is 16.5. The van der Waals surface area contributed by atoms with E-state index in [9.17, 15) is 0 Å². The maximum absolute atomic E-state index is 5.92. The first-order chi connectivity index (χ1) is 9.38. The van der Waals surface area contributed by atoms with Gasteiger partial charge in [-0.25, -0.2) is 0 Å². The van der Waals surface area contributed by atoms with Gasteiger partial charge in [0.1, 0.15) is 0 Å². The molecule has 2 saturated carbocycles. The summed E-state index contributed by atoms with van der Waals surface area (Å²) >= 11 is 0. The molecule has 20 heavy (non-hydrogen) atoms. The van der Waals surface area contributed by atoms with Gasteiger partial charge >= 0.3 is 0 Å². The van der Waals surface area contributed by atoms with E-state index in [0.717, 1.165) is 19.1 Å². The van der Waals surface area contributed by atoms with Gasteiger partial charge in [0.05, 0.1) is 6.10 Å². The maximum atomic E-state index is 5.92. The number of hydrogen-bond acceptors (Lipinski definition) is 3. The number of hydrogen-bond donors (Lipinski definition) is 1. The van der Waals surface area contributed by atoms with Crippen LogP contribution in [0.4, 0.5) is 0 Å². The van der Waals surface area contributed by atoms with Crippen LogP contribution in [-0.2, 0) is 4.74 Å². The van der Waals surface area contributed by atoms with Gasteiger partial charge in [-0.05, 0) is 46.0 Å². The van der Waals surface area contributed by atoms with Crippen LogP contribution in [0.3, 0.4) is 0 Å². The summed E-state index contributed by atoms with van der Waals surface area (Å²) in [5.41, 5.74) is 0.644. The van der Waals surface area contributed by atoms with Crippen LogP contribution in [0.1, 0.15) is 53.9 Å². The minimum atomic E-state index is 0.298. The minimum absolute atomic E-state index is 0.298. The molecule has 2 aliphatic carbocycles. The molecule has 0 amide bonds. The van der Waals surface area contributed by atoms with E-state index >= 15 is 0 Å². The van der Waals surface area contributed by atoms with E-state index in [4.69, 9.17) is 4.74 Å². The van der Waals surface area contributed by atoms with Gasteiger partial charge in [-0.2, -0.15) is 0 Å². The third-order valence-electron chi connectivity index (χ3n) is 6.25. The van der Waals surface area contributed by atoms with Gasteiger partial charge in [0, 0.05) is 42.7 Å². The van der Waals surface area contributed by atoms with Gasteiger partial charge in [0.2, 0.25) is 0 Å². The summed E-state index contributed by atoms with van der Waals surface area (Å²) in [7, 11) is 0. The Kier molecular flexibility index (Phi) is 3.67. The number of nitrogens with one attached hydrogen (secondary N) is 1. The molecule has 3 rings (SSSR count). The largest absolute Gasteiger partial charge is 0.378 e. The Hall–Kier alpha value is -0.120. The van der Waals surface area contributed by atoms with E-state index < -0.39 is 0 Å². The van der Waals surface area contributed by atoms with Gasteiger partial charge < -0.3 is 10.1 Å². The van der Waals surface area contributed by atoms with Crippen molar-refractivity contribution in [2.75, 3.05) is 19.7 Å². The normalized spacial score (nSPS) is 45.1. The SMILES string of the molecule is CCOC1CC(N2CC(C)(C3CC3)NCC2C)C1(C)C. The summed E-state index contributed by atoms with van der Waals surface area (Å²) in [4.78, 5) is 2.78. The fraction of sp³-hybridized carbons (Fsp3) is 1.00. The Morgan fingerprint density at radius 1 is 1.25 bits per heavy atom. The standard InChI is InChI=1S/C17H32N2O/c1-6-20-15-9-14(16(15,3)4)19-11-17(5,13-7-8-13)18-10-12(19)2/h12-15,18H,6-11H2,1-5H3. The van der Waals surface area contributed by atoms with Crippen LogP contribution in [0.2, 0.25) is 0 Å². The van der Waals surface area contributed by atoms with E-state index in [1.165, 1.54) is 25.8 Å². The average molecular weight is 280 g/mol. The molecule has 4 unspecified atom stereocenters. The molecule has 0 radical (unpaired) electrons. The van der Waals surface area contributed by atoms with E-state index in [1.807, 2.05) is 0 Å². The highest BCUT2D eigenvalue weighted by molar-refractivity contribution is 5.10. The van der Waals surface area contributed by atoms with Crippen LogP contribution in [0.25, 0.3) is 0 Å². The maximum Gasteiger partial charge on any atom is 0.0655 e. The lowest BCUT2D eigenvalue weighted by atomic mass is 9.63. The second kappa shape index (κ2) is 4.96. The van der Waals surface area contributed by atoms with Crippen molar-refractivity contribution in [3.05, 3.63) is 0 Å². The van der Waals surface area contributed by atoms with Crippen molar-refractivity contribution in [3.8, 4) is 0 Å². The molecular weight excluding hydrogens is 248 g/mol. The van der Waals surface area contributed by atoms with Crippen LogP contribution >= 0.6 is 0 Å². The summed E-state index contributed by atoms with van der Waals surface area (Å²) in [6, 6.07) is 1.34. The molecule has 0 bridgehead atoms. The lowest BCUT2D eigenvalue weighted by molar-refractivity contribution is -0.166. The molecule has 116 valence electrons. The van der Waals surface area contributed by atoms with Crippen molar-refractivity contribution in [2.24, 2.45) is 11.3 Å². The first-order valence-corrected chi connectivity index (χ1v) is 8.51. The summed E-state index contributed by atoms with van der Waals surface area (Å²) in [5, 5.41) is 3.83. The van der Waals surface area contributed by atoms with Crippen LogP contribution in [-0.4, -0.2) is 48.3 Å². The van der Waals surface area contributed by atoms with Crippen LogP contribution in [0.5, 0.6) is 0 Å². The smallest absolute Gasteiger partial charge is 0.0655 e. The van der Waals surface area contributed by atoms with Gasteiger partial charge in [-0.15, -0.1) is 0 Å². The molecule has 0 aromatic carbocycles. The second-order valence-corrected chi connectivity index (χ2v) is 8.11. The predicted molar refractivity (Wildman–Crippen MR) is 82.9 cm³/mol. The monoisotopic (exact) mass is 280 g/mol. The Morgan fingerprint density at radius 2 is 1.95 bits per heavy atom. The predicted octanol–water partition coefficient (Wildman–Crippen LogP) is 2.65. The summed E-state index contributed by atoms with van der Waals surface area (Å²) in [5.74, 6) is 0.906. The van der Waals surface area contributed by atoms with Gasteiger partial charge in [0.15, 0.2) is 0 Å². The number of piperazine rings is 1. The molecule has 1 aliphatic heterocycles. The second-order valence-electron chi connectivity index (χ2n) is 8.11. The lowest BCUT2D eigenvalue weighted by Crippen LogP contribution is -2.71. The summed E-state index contributed by atoms with van der Waals surface area (Å²) in [6.07, 6.45) is 4.50. The zero-order valence-electron chi connectivity index (χ0n) is 13.9. The molecule has 1 N–H and O–H groups in total. The van der Waals surface area contributed by atoms with Gasteiger partial charge in [0.25, 0.3) is 0 Å². The molecule has 0 aromatic rings. The highest BCUT2D eigenvalue weighted by Crippen LogP contribution is 2.49.